The molecular weight excluding hydrogens is 324 g/mol. The number of rotatable bonds is 11. The Morgan fingerprint density at radius 3 is 2.32 bits per heavy atom. The summed E-state index contributed by atoms with van der Waals surface area (Å²) in [5, 5.41) is 0. The SMILES string of the molecule is C=Cc1c(OCOC)cc(OCOC)c(-c2ccco2)c1CCOC. The molecule has 0 saturated heterocycles. The lowest BCUT2D eigenvalue weighted by atomic mass is 9.94. The van der Waals surface area contributed by atoms with E-state index < -0.39 is 0 Å². The number of hydrogen-bond acceptors (Lipinski definition) is 6. The van der Waals surface area contributed by atoms with Gasteiger partial charge in [0.1, 0.15) is 17.3 Å². The average Bonchev–Trinajstić information content (AvgIpc) is 3.16. The Morgan fingerprint density at radius 2 is 1.76 bits per heavy atom. The van der Waals surface area contributed by atoms with Crippen molar-refractivity contribution in [2.45, 2.75) is 6.42 Å². The van der Waals surface area contributed by atoms with Gasteiger partial charge in [0.2, 0.25) is 0 Å². The van der Waals surface area contributed by atoms with Crippen LogP contribution in [0.1, 0.15) is 11.1 Å². The average molecular weight is 348 g/mol. The van der Waals surface area contributed by atoms with Crippen molar-refractivity contribution in [3.8, 4) is 22.8 Å². The molecule has 0 radical (unpaired) electrons. The van der Waals surface area contributed by atoms with Crippen LogP contribution in [0, 0.1) is 0 Å². The van der Waals surface area contributed by atoms with Gasteiger partial charge in [0, 0.05) is 33.0 Å². The molecule has 1 aromatic carbocycles. The quantitative estimate of drug-likeness (QED) is 0.577. The monoisotopic (exact) mass is 348 g/mol. The zero-order chi connectivity index (χ0) is 18.1. The maximum Gasteiger partial charge on any atom is 0.188 e. The molecule has 25 heavy (non-hydrogen) atoms. The largest absolute Gasteiger partial charge is 0.467 e. The van der Waals surface area contributed by atoms with E-state index in [0.717, 1.165) is 16.7 Å². The van der Waals surface area contributed by atoms with E-state index in [9.17, 15) is 0 Å². The van der Waals surface area contributed by atoms with E-state index in [1.54, 1.807) is 39.7 Å². The third-order valence-electron chi connectivity index (χ3n) is 3.59. The fourth-order valence-corrected chi connectivity index (χ4v) is 2.56. The Morgan fingerprint density at radius 1 is 1.04 bits per heavy atom. The Bertz CT molecular complexity index is 663. The highest BCUT2D eigenvalue weighted by molar-refractivity contribution is 5.78. The van der Waals surface area contributed by atoms with Crippen molar-refractivity contribution < 1.29 is 28.1 Å². The van der Waals surface area contributed by atoms with Crippen molar-refractivity contribution in [2.75, 3.05) is 41.5 Å². The molecule has 2 aromatic rings. The zero-order valence-corrected chi connectivity index (χ0v) is 14.9. The van der Waals surface area contributed by atoms with Gasteiger partial charge < -0.3 is 28.1 Å². The second kappa shape index (κ2) is 9.88. The fourth-order valence-electron chi connectivity index (χ4n) is 2.56. The van der Waals surface area contributed by atoms with Crippen molar-refractivity contribution >= 4 is 6.08 Å². The molecule has 0 aliphatic carbocycles. The Hall–Kier alpha value is -2.28. The lowest BCUT2D eigenvalue weighted by Crippen LogP contribution is -2.08. The molecular formula is C19H24O6. The van der Waals surface area contributed by atoms with Crippen molar-refractivity contribution in [1.29, 1.82) is 0 Å². The zero-order valence-electron chi connectivity index (χ0n) is 14.9. The van der Waals surface area contributed by atoms with Gasteiger partial charge in [-0.25, -0.2) is 0 Å². The van der Waals surface area contributed by atoms with Gasteiger partial charge in [-0.15, -0.1) is 0 Å². The van der Waals surface area contributed by atoms with E-state index in [1.165, 1.54) is 0 Å². The summed E-state index contributed by atoms with van der Waals surface area (Å²) in [5.74, 6) is 1.91. The van der Waals surface area contributed by atoms with Crippen LogP contribution in [-0.2, 0) is 20.6 Å². The summed E-state index contributed by atoms with van der Waals surface area (Å²) in [7, 11) is 4.80. The molecule has 0 bridgehead atoms. The van der Waals surface area contributed by atoms with Crippen LogP contribution < -0.4 is 9.47 Å². The molecule has 0 unspecified atom stereocenters. The highest BCUT2D eigenvalue weighted by atomic mass is 16.7. The molecule has 0 aliphatic rings. The molecule has 6 heteroatoms. The first kappa shape index (κ1) is 19.1. The van der Waals surface area contributed by atoms with Crippen LogP contribution >= 0.6 is 0 Å². The summed E-state index contributed by atoms with van der Waals surface area (Å²) in [5.41, 5.74) is 2.65. The van der Waals surface area contributed by atoms with Crippen molar-refractivity contribution in [3.05, 3.63) is 42.2 Å². The molecule has 0 atom stereocenters. The van der Waals surface area contributed by atoms with E-state index in [0.29, 0.717) is 30.3 Å². The highest BCUT2D eigenvalue weighted by Gasteiger charge is 2.21. The van der Waals surface area contributed by atoms with Crippen LogP contribution in [-0.4, -0.2) is 41.5 Å². The van der Waals surface area contributed by atoms with Crippen LogP contribution in [0.15, 0.2) is 35.5 Å². The van der Waals surface area contributed by atoms with Crippen LogP contribution in [0.4, 0.5) is 0 Å². The fraction of sp³-hybridized carbons (Fsp3) is 0.368. The van der Waals surface area contributed by atoms with Crippen LogP contribution in [0.3, 0.4) is 0 Å². The van der Waals surface area contributed by atoms with Gasteiger partial charge in [0.05, 0.1) is 18.4 Å². The van der Waals surface area contributed by atoms with E-state index in [2.05, 4.69) is 6.58 Å². The van der Waals surface area contributed by atoms with Crippen LogP contribution in [0.25, 0.3) is 17.4 Å². The van der Waals surface area contributed by atoms with Gasteiger partial charge in [-0.1, -0.05) is 12.7 Å². The summed E-state index contributed by atoms with van der Waals surface area (Å²) in [4.78, 5) is 0. The summed E-state index contributed by atoms with van der Waals surface area (Å²) in [6, 6.07) is 5.51. The topological polar surface area (TPSA) is 59.3 Å². The summed E-state index contributed by atoms with van der Waals surface area (Å²) < 4.78 is 32.4. The van der Waals surface area contributed by atoms with Crippen LogP contribution in [0.2, 0.25) is 0 Å². The third-order valence-corrected chi connectivity index (χ3v) is 3.59. The minimum Gasteiger partial charge on any atom is -0.467 e. The second-order valence-corrected chi connectivity index (χ2v) is 5.17. The minimum absolute atomic E-state index is 0.106. The summed E-state index contributed by atoms with van der Waals surface area (Å²) >= 11 is 0. The van der Waals surface area contributed by atoms with Crippen molar-refractivity contribution in [3.63, 3.8) is 0 Å². The van der Waals surface area contributed by atoms with Crippen molar-refractivity contribution in [1.82, 2.24) is 0 Å². The Labute approximate surface area is 147 Å². The molecule has 0 fully saturated rings. The molecule has 0 N–H and O–H groups in total. The minimum atomic E-state index is 0.106. The Balaban J connectivity index is 2.63. The molecule has 0 amide bonds. The summed E-state index contributed by atoms with van der Waals surface area (Å²) in [6.45, 7) is 4.68. The van der Waals surface area contributed by atoms with Gasteiger partial charge in [0.25, 0.3) is 0 Å². The lowest BCUT2D eigenvalue weighted by Gasteiger charge is -2.20. The van der Waals surface area contributed by atoms with Gasteiger partial charge in [0.15, 0.2) is 13.6 Å². The highest BCUT2D eigenvalue weighted by Crippen LogP contribution is 2.41. The molecule has 1 heterocycles. The third kappa shape index (κ3) is 4.63. The van der Waals surface area contributed by atoms with E-state index in [4.69, 9.17) is 28.1 Å². The van der Waals surface area contributed by atoms with Gasteiger partial charge in [-0.2, -0.15) is 0 Å². The number of furan rings is 1. The Kier molecular flexibility index (Phi) is 7.53. The van der Waals surface area contributed by atoms with E-state index in [-0.39, 0.29) is 13.6 Å². The smallest absolute Gasteiger partial charge is 0.188 e. The van der Waals surface area contributed by atoms with E-state index >= 15 is 0 Å². The number of benzene rings is 1. The van der Waals surface area contributed by atoms with Gasteiger partial charge >= 0.3 is 0 Å². The number of hydrogen-bond donors (Lipinski definition) is 0. The molecule has 1 aromatic heterocycles. The molecule has 6 nitrogen and oxygen atoms in total. The predicted molar refractivity (Wildman–Crippen MR) is 94.8 cm³/mol. The van der Waals surface area contributed by atoms with Crippen molar-refractivity contribution in [2.24, 2.45) is 0 Å². The molecule has 0 aliphatic heterocycles. The lowest BCUT2D eigenvalue weighted by molar-refractivity contribution is 0.0460. The first-order valence-corrected chi connectivity index (χ1v) is 7.85. The number of methoxy groups -OCH3 is 3. The van der Waals surface area contributed by atoms with Gasteiger partial charge in [-0.05, 0) is 24.1 Å². The number of ether oxygens (including phenoxy) is 5. The van der Waals surface area contributed by atoms with Gasteiger partial charge in [-0.3, -0.25) is 0 Å². The second-order valence-electron chi connectivity index (χ2n) is 5.17. The standard InChI is InChI=1S/C19H24O6/c1-5-14-15(8-10-20-2)19(16-7-6-9-23-16)18(25-13-22-4)11-17(14)24-12-21-3/h5-7,9,11H,1,8,10,12-13H2,2-4H3. The molecule has 0 saturated carbocycles. The van der Waals surface area contributed by atoms with E-state index in [1.807, 2.05) is 12.1 Å². The molecule has 2 rings (SSSR count). The first-order chi connectivity index (χ1) is 12.3. The maximum absolute atomic E-state index is 5.77. The first-order valence-electron chi connectivity index (χ1n) is 7.85. The molecule has 0 spiro atoms. The summed E-state index contributed by atoms with van der Waals surface area (Å²) in [6.07, 6.45) is 4.02. The normalized spacial score (nSPS) is 10.7. The maximum atomic E-state index is 5.77. The predicted octanol–water partition coefficient (Wildman–Crippen LogP) is 3.74. The van der Waals surface area contributed by atoms with Crippen LogP contribution in [0.5, 0.6) is 11.5 Å². The molecule has 136 valence electrons.